The van der Waals surface area contributed by atoms with Crippen molar-refractivity contribution in [1.29, 1.82) is 0 Å². The third-order valence-corrected chi connectivity index (χ3v) is 3.00. The molecular formula is C16H16FNO5. The van der Waals surface area contributed by atoms with Crippen LogP contribution in [0.3, 0.4) is 0 Å². The van der Waals surface area contributed by atoms with Crippen molar-refractivity contribution in [2.45, 2.75) is 13.0 Å². The predicted molar refractivity (Wildman–Crippen MR) is 81.2 cm³/mol. The second kappa shape index (κ2) is 7.55. The lowest BCUT2D eigenvalue weighted by Gasteiger charge is -2.13. The summed E-state index contributed by atoms with van der Waals surface area (Å²) in [5, 5.41) is 20.8. The zero-order valence-electron chi connectivity index (χ0n) is 12.4. The van der Waals surface area contributed by atoms with Gasteiger partial charge in [0.15, 0.2) is 5.75 Å². The van der Waals surface area contributed by atoms with Crippen LogP contribution in [0.4, 0.5) is 10.1 Å². The quantitative estimate of drug-likeness (QED) is 0.626. The van der Waals surface area contributed by atoms with Crippen LogP contribution < -0.4 is 9.47 Å². The predicted octanol–water partition coefficient (Wildman–Crippen LogP) is 2.86. The maximum atomic E-state index is 12.7. The summed E-state index contributed by atoms with van der Waals surface area (Å²) in [5.74, 6) is 0.112. The summed E-state index contributed by atoms with van der Waals surface area (Å²) in [6.45, 7) is 1.50. The van der Waals surface area contributed by atoms with Gasteiger partial charge < -0.3 is 14.6 Å². The summed E-state index contributed by atoms with van der Waals surface area (Å²) in [6.07, 6.45) is -0.985. The van der Waals surface area contributed by atoms with Crippen molar-refractivity contribution in [2.75, 3.05) is 13.2 Å². The molecule has 1 unspecified atom stereocenters. The molecule has 0 fully saturated rings. The molecule has 0 aliphatic rings. The van der Waals surface area contributed by atoms with Crippen LogP contribution in [0.1, 0.15) is 5.56 Å². The fourth-order valence-corrected chi connectivity index (χ4v) is 1.85. The van der Waals surface area contributed by atoms with Crippen molar-refractivity contribution in [3.63, 3.8) is 0 Å². The fraction of sp³-hybridized carbons (Fsp3) is 0.250. The molecule has 0 spiro atoms. The van der Waals surface area contributed by atoms with Gasteiger partial charge in [-0.15, -0.1) is 0 Å². The first-order valence-electron chi connectivity index (χ1n) is 6.90. The van der Waals surface area contributed by atoms with E-state index in [0.29, 0.717) is 5.75 Å². The molecule has 6 nitrogen and oxygen atoms in total. The molecule has 0 aliphatic carbocycles. The Morgan fingerprint density at radius 3 is 2.48 bits per heavy atom. The van der Waals surface area contributed by atoms with Crippen LogP contribution in [-0.4, -0.2) is 29.3 Å². The Hall–Kier alpha value is -2.67. The highest BCUT2D eigenvalue weighted by atomic mass is 19.1. The molecule has 0 saturated carbocycles. The number of hydrogen-bond donors (Lipinski definition) is 1. The van der Waals surface area contributed by atoms with Crippen LogP contribution in [0, 0.1) is 22.9 Å². The van der Waals surface area contributed by atoms with Gasteiger partial charge in [-0.3, -0.25) is 10.1 Å². The van der Waals surface area contributed by atoms with Crippen LogP contribution in [0.5, 0.6) is 11.5 Å². The van der Waals surface area contributed by atoms with Gasteiger partial charge in [0.2, 0.25) is 0 Å². The number of hydrogen-bond acceptors (Lipinski definition) is 5. The van der Waals surface area contributed by atoms with Crippen molar-refractivity contribution in [2.24, 2.45) is 0 Å². The van der Waals surface area contributed by atoms with E-state index in [9.17, 15) is 19.6 Å². The van der Waals surface area contributed by atoms with E-state index >= 15 is 0 Å². The zero-order valence-corrected chi connectivity index (χ0v) is 12.4. The van der Waals surface area contributed by atoms with Gasteiger partial charge in [0.1, 0.15) is 30.9 Å². The van der Waals surface area contributed by atoms with Gasteiger partial charge in [0.25, 0.3) is 0 Å². The average Bonchev–Trinajstić information content (AvgIpc) is 2.53. The number of nitro groups is 1. The van der Waals surface area contributed by atoms with Gasteiger partial charge in [-0.1, -0.05) is 6.07 Å². The summed E-state index contributed by atoms with van der Waals surface area (Å²) in [7, 11) is 0. The zero-order chi connectivity index (χ0) is 16.8. The molecule has 0 bridgehead atoms. The molecule has 2 aromatic carbocycles. The van der Waals surface area contributed by atoms with Crippen molar-refractivity contribution in [3.05, 3.63) is 64.0 Å². The van der Waals surface area contributed by atoms with E-state index in [-0.39, 0.29) is 30.5 Å². The van der Waals surface area contributed by atoms with Gasteiger partial charge in [-0.05, 0) is 42.8 Å². The Morgan fingerprint density at radius 2 is 1.83 bits per heavy atom. The molecule has 0 heterocycles. The number of halogens is 1. The first-order chi connectivity index (χ1) is 11.0. The number of nitro benzene ring substituents is 1. The maximum Gasteiger partial charge on any atom is 0.311 e. The smallest absolute Gasteiger partial charge is 0.311 e. The van der Waals surface area contributed by atoms with Gasteiger partial charge in [0.05, 0.1) is 4.92 Å². The van der Waals surface area contributed by atoms with Gasteiger partial charge >= 0.3 is 5.69 Å². The molecule has 2 aromatic rings. The Balaban J connectivity index is 1.88. The lowest BCUT2D eigenvalue weighted by atomic mass is 10.2. The number of nitrogens with zero attached hydrogens (tertiary/aromatic N) is 1. The summed E-state index contributed by atoms with van der Waals surface area (Å²) in [4.78, 5) is 10.4. The molecule has 0 aromatic heterocycles. The van der Waals surface area contributed by atoms with Crippen molar-refractivity contribution in [1.82, 2.24) is 0 Å². The number of aliphatic hydroxyl groups excluding tert-OH is 1. The molecule has 0 radical (unpaired) electrons. The molecule has 2 rings (SSSR count). The third kappa shape index (κ3) is 4.93. The van der Waals surface area contributed by atoms with E-state index < -0.39 is 11.0 Å². The van der Waals surface area contributed by atoms with Gasteiger partial charge in [0, 0.05) is 6.07 Å². The molecule has 0 saturated heterocycles. The van der Waals surface area contributed by atoms with Crippen LogP contribution in [-0.2, 0) is 0 Å². The SMILES string of the molecule is Cc1ccc(OCC(O)COc2ccc(F)cc2)c([N+](=O)[O-])c1. The monoisotopic (exact) mass is 321 g/mol. The molecular weight excluding hydrogens is 305 g/mol. The Labute approximate surface area is 132 Å². The number of benzene rings is 2. The van der Waals surface area contributed by atoms with Gasteiger partial charge in [-0.2, -0.15) is 0 Å². The highest BCUT2D eigenvalue weighted by Crippen LogP contribution is 2.27. The highest BCUT2D eigenvalue weighted by Gasteiger charge is 2.16. The van der Waals surface area contributed by atoms with Crippen molar-refractivity contribution in [3.8, 4) is 11.5 Å². The number of aryl methyl sites for hydroxylation is 1. The summed E-state index contributed by atoms with van der Waals surface area (Å²) in [5.41, 5.74) is 0.584. The summed E-state index contributed by atoms with van der Waals surface area (Å²) in [6, 6.07) is 9.94. The molecule has 0 aliphatic heterocycles. The largest absolute Gasteiger partial charge is 0.491 e. The van der Waals surface area contributed by atoms with Crippen molar-refractivity contribution < 1.29 is 23.9 Å². The highest BCUT2D eigenvalue weighted by molar-refractivity contribution is 5.48. The van der Waals surface area contributed by atoms with Crippen LogP contribution in [0.25, 0.3) is 0 Å². The van der Waals surface area contributed by atoms with E-state index in [2.05, 4.69) is 0 Å². The Kier molecular flexibility index (Phi) is 5.48. The molecule has 0 amide bonds. The molecule has 7 heteroatoms. The number of ether oxygens (including phenoxy) is 2. The molecule has 122 valence electrons. The van der Waals surface area contributed by atoms with Crippen molar-refractivity contribution >= 4 is 5.69 Å². The minimum atomic E-state index is -0.985. The fourth-order valence-electron chi connectivity index (χ4n) is 1.85. The maximum absolute atomic E-state index is 12.7. The second-order valence-electron chi connectivity index (χ2n) is 4.96. The Bertz CT molecular complexity index is 675. The van der Waals surface area contributed by atoms with E-state index in [4.69, 9.17) is 9.47 Å². The lowest BCUT2D eigenvalue weighted by molar-refractivity contribution is -0.386. The van der Waals surface area contributed by atoms with E-state index in [0.717, 1.165) is 5.56 Å². The molecule has 23 heavy (non-hydrogen) atoms. The van der Waals surface area contributed by atoms with Crippen LogP contribution >= 0.6 is 0 Å². The molecule has 1 N–H and O–H groups in total. The lowest BCUT2D eigenvalue weighted by Crippen LogP contribution is -2.25. The van der Waals surface area contributed by atoms with E-state index in [1.807, 2.05) is 0 Å². The summed E-state index contributed by atoms with van der Waals surface area (Å²) >= 11 is 0. The summed E-state index contributed by atoms with van der Waals surface area (Å²) < 4.78 is 23.3. The number of aliphatic hydroxyl groups is 1. The standard InChI is InChI=1S/C16H16FNO5/c1-11-2-7-16(15(8-11)18(20)21)23-10-13(19)9-22-14-5-3-12(17)4-6-14/h2-8,13,19H,9-10H2,1H3. The minimum Gasteiger partial charge on any atom is -0.491 e. The molecule has 1 atom stereocenters. The van der Waals surface area contributed by atoms with Crippen LogP contribution in [0.15, 0.2) is 42.5 Å². The number of rotatable bonds is 7. The Morgan fingerprint density at radius 1 is 1.17 bits per heavy atom. The first kappa shape index (κ1) is 16.7. The topological polar surface area (TPSA) is 81.8 Å². The minimum absolute atomic E-state index is 0.0781. The van der Waals surface area contributed by atoms with Crippen LogP contribution in [0.2, 0.25) is 0 Å². The van der Waals surface area contributed by atoms with Gasteiger partial charge in [-0.25, -0.2) is 4.39 Å². The van der Waals surface area contributed by atoms with E-state index in [1.54, 1.807) is 13.0 Å². The first-order valence-corrected chi connectivity index (χ1v) is 6.90. The normalized spacial score (nSPS) is 11.8. The second-order valence-corrected chi connectivity index (χ2v) is 4.96. The van der Waals surface area contributed by atoms with E-state index in [1.165, 1.54) is 36.4 Å². The third-order valence-electron chi connectivity index (χ3n) is 3.00. The average molecular weight is 321 g/mol.